The zero-order valence-electron chi connectivity index (χ0n) is 16.1. The average Bonchev–Trinajstić information content (AvgIpc) is 2.71. The lowest BCUT2D eigenvalue weighted by molar-refractivity contribution is -0.384. The van der Waals surface area contributed by atoms with Crippen LogP contribution in [0.5, 0.6) is 0 Å². The fourth-order valence-corrected chi connectivity index (χ4v) is 3.60. The molecule has 0 aliphatic carbocycles. The van der Waals surface area contributed by atoms with Crippen molar-refractivity contribution in [2.24, 2.45) is 0 Å². The first-order chi connectivity index (χ1) is 13.9. The third-order valence-corrected chi connectivity index (χ3v) is 5.22. The Morgan fingerprint density at radius 2 is 2.00 bits per heavy atom. The lowest BCUT2D eigenvalue weighted by atomic mass is 10.0. The number of benzene rings is 1. The van der Waals surface area contributed by atoms with Crippen molar-refractivity contribution < 1.29 is 14.5 Å². The van der Waals surface area contributed by atoms with Crippen LogP contribution in [0, 0.1) is 10.1 Å². The zero-order chi connectivity index (χ0) is 21.0. The molecule has 0 bridgehead atoms. The van der Waals surface area contributed by atoms with Gasteiger partial charge in [-0.2, -0.15) is 0 Å². The van der Waals surface area contributed by atoms with Gasteiger partial charge in [0.1, 0.15) is 5.57 Å². The standard InChI is InChI=1S/C19H23N5O4S/c1-2-3-8-23-18(26)15(17(25)21-19(23)29)12-13-11-14(24(27)28)4-5-16(13)22-9-6-20-7-10-22/h4-5,11-12,20H,2-3,6-10H2,1H3,(H,21,25,29)/b15-12-. The summed E-state index contributed by atoms with van der Waals surface area (Å²) < 4.78 is 0. The van der Waals surface area contributed by atoms with E-state index in [1.807, 2.05) is 6.92 Å². The number of hydrogen-bond acceptors (Lipinski definition) is 7. The molecule has 9 nitrogen and oxygen atoms in total. The predicted molar refractivity (Wildman–Crippen MR) is 114 cm³/mol. The molecule has 154 valence electrons. The molecule has 2 heterocycles. The molecule has 2 amide bonds. The number of nitro groups is 1. The summed E-state index contributed by atoms with van der Waals surface area (Å²) in [4.78, 5) is 39.6. The Morgan fingerprint density at radius 1 is 1.28 bits per heavy atom. The second-order valence-corrected chi connectivity index (χ2v) is 7.25. The van der Waals surface area contributed by atoms with Gasteiger partial charge in [-0.05, 0) is 30.8 Å². The van der Waals surface area contributed by atoms with Gasteiger partial charge < -0.3 is 10.2 Å². The van der Waals surface area contributed by atoms with Crippen LogP contribution in [0.3, 0.4) is 0 Å². The van der Waals surface area contributed by atoms with Crippen molar-refractivity contribution in [1.82, 2.24) is 15.5 Å². The number of amides is 2. The maximum atomic E-state index is 12.9. The molecule has 2 fully saturated rings. The van der Waals surface area contributed by atoms with Crippen LogP contribution < -0.4 is 15.5 Å². The number of anilines is 1. The van der Waals surface area contributed by atoms with Crippen LogP contribution in [0.2, 0.25) is 0 Å². The molecule has 0 atom stereocenters. The van der Waals surface area contributed by atoms with Crippen molar-refractivity contribution in [3.8, 4) is 0 Å². The van der Waals surface area contributed by atoms with Gasteiger partial charge in [0.15, 0.2) is 5.11 Å². The highest BCUT2D eigenvalue weighted by atomic mass is 32.1. The number of nitrogens with one attached hydrogen (secondary N) is 2. The number of carbonyl (C=O) groups is 2. The van der Waals surface area contributed by atoms with Gasteiger partial charge in [-0.15, -0.1) is 0 Å². The minimum Gasteiger partial charge on any atom is -0.368 e. The van der Waals surface area contributed by atoms with Crippen molar-refractivity contribution in [3.05, 3.63) is 39.4 Å². The van der Waals surface area contributed by atoms with Crippen LogP contribution in [0.4, 0.5) is 11.4 Å². The zero-order valence-corrected chi connectivity index (χ0v) is 17.0. The number of unbranched alkanes of at least 4 members (excludes halogenated alkanes) is 1. The first kappa shape index (κ1) is 20.9. The van der Waals surface area contributed by atoms with Gasteiger partial charge in [0, 0.05) is 56.1 Å². The fraction of sp³-hybridized carbons (Fsp3) is 0.421. The first-order valence-electron chi connectivity index (χ1n) is 9.55. The number of rotatable bonds is 6. The number of nitro benzene ring substituents is 1. The first-order valence-corrected chi connectivity index (χ1v) is 9.96. The maximum absolute atomic E-state index is 12.9. The van der Waals surface area contributed by atoms with Gasteiger partial charge in [0.05, 0.1) is 4.92 Å². The van der Waals surface area contributed by atoms with E-state index in [1.54, 1.807) is 6.07 Å². The molecule has 1 aromatic rings. The van der Waals surface area contributed by atoms with Gasteiger partial charge in [0.25, 0.3) is 17.5 Å². The lowest BCUT2D eigenvalue weighted by Crippen LogP contribution is -2.54. The van der Waals surface area contributed by atoms with Gasteiger partial charge >= 0.3 is 0 Å². The van der Waals surface area contributed by atoms with Gasteiger partial charge in [-0.1, -0.05) is 13.3 Å². The molecule has 10 heteroatoms. The third-order valence-electron chi connectivity index (χ3n) is 4.90. The number of thiocarbonyl (C=S) groups is 1. The van der Waals surface area contributed by atoms with E-state index < -0.39 is 16.7 Å². The minimum atomic E-state index is -0.592. The molecular formula is C19H23N5O4S. The predicted octanol–water partition coefficient (Wildman–Crippen LogP) is 1.43. The minimum absolute atomic E-state index is 0.0772. The number of non-ortho nitro benzene ring substituents is 1. The largest absolute Gasteiger partial charge is 0.368 e. The van der Waals surface area contributed by atoms with Crippen molar-refractivity contribution in [3.63, 3.8) is 0 Å². The summed E-state index contributed by atoms with van der Waals surface area (Å²) in [5.41, 5.74) is 1.03. The normalized spacial score (nSPS) is 18.9. The molecule has 2 saturated heterocycles. The van der Waals surface area contributed by atoms with E-state index in [1.165, 1.54) is 23.1 Å². The smallest absolute Gasteiger partial charge is 0.270 e. The number of carbonyl (C=O) groups excluding carboxylic acids is 2. The summed E-state index contributed by atoms with van der Waals surface area (Å²) in [5.74, 6) is -1.07. The summed E-state index contributed by atoms with van der Waals surface area (Å²) in [5, 5.41) is 17.2. The lowest BCUT2D eigenvalue weighted by Gasteiger charge is -2.31. The number of hydrogen-bond donors (Lipinski definition) is 2. The number of nitrogens with zero attached hydrogens (tertiary/aromatic N) is 3. The Bertz CT molecular complexity index is 879. The van der Waals surface area contributed by atoms with Crippen molar-refractivity contribution >= 4 is 46.6 Å². The van der Waals surface area contributed by atoms with Crippen LogP contribution in [0.1, 0.15) is 25.3 Å². The molecule has 0 unspecified atom stereocenters. The molecule has 0 radical (unpaired) electrons. The average molecular weight is 417 g/mol. The molecular weight excluding hydrogens is 394 g/mol. The van der Waals surface area contributed by atoms with E-state index in [0.717, 1.165) is 44.7 Å². The van der Waals surface area contributed by atoms with Crippen LogP contribution in [-0.2, 0) is 9.59 Å². The van der Waals surface area contributed by atoms with Gasteiger partial charge in [0.2, 0.25) is 0 Å². The van der Waals surface area contributed by atoms with Crippen LogP contribution in [0.15, 0.2) is 23.8 Å². The SMILES string of the molecule is CCCCN1C(=O)/C(=C\c2cc([N+](=O)[O-])ccc2N2CCNCC2)C(=O)NC1=S. The Hall–Kier alpha value is -2.85. The van der Waals surface area contributed by atoms with Crippen LogP contribution in [-0.4, -0.2) is 59.5 Å². The molecule has 1 aromatic carbocycles. The molecule has 0 saturated carbocycles. The summed E-state index contributed by atoms with van der Waals surface area (Å²) in [7, 11) is 0. The summed E-state index contributed by atoms with van der Waals surface area (Å²) in [6.45, 7) is 5.42. The fourth-order valence-electron chi connectivity index (χ4n) is 3.33. The van der Waals surface area contributed by atoms with E-state index in [4.69, 9.17) is 12.2 Å². The van der Waals surface area contributed by atoms with Gasteiger partial charge in [-0.25, -0.2) is 0 Å². The van der Waals surface area contributed by atoms with E-state index in [2.05, 4.69) is 15.5 Å². The van der Waals surface area contributed by atoms with Crippen molar-refractivity contribution in [2.45, 2.75) is 19.8 Å². The highest BCUT2D eigenvalue weighted by molar-refractivity contribution is 7.80. The Kier molecular flexibility index (Phi) is 6.55. The van der Waals surface area contributed by atoms with E-state index in [0.29, 0.717) is 12.1 Å². The van der Waals surface area contributed by atoms with E-state index in [9.17, 15) is 19.7 Å². The second-order valence-electron chi connectivity index (χ2n) is 6.86. The number of piperazine rings is 1. The molecule has 0 aromatic heterocycles. The highest BCUT2D eigenvalue weighted by Gasteiger charge is 2.33. The van der Waals surface area contributed by atoms with Crippen LogP contribution in [0.25, 0.3) is 6.08 Å². The molecule has 3 rings (SSSR count). The summed E-state index contributed by atoms with van der Waals surface area (Å²) in [6.07, 6.45) is 3.05. The van der Waals surface area contributed by atoms with Crippen molar-refractivity contribution in [2.75, 3.05) is 37.6 Å². The third kappa shape index (κ3) is 4.60. The quantitative estimate of drug-likeness (QED) is 0.237. The highest BCUT2D eigenvalue weighted by Crippen LogP contribution is 2.29. The topological polar surface area (TPSA) is 108 Å². The van der Waals surface area contributed by atoms with E-state index >= 15 is 0 Å². The molecule has 0 spiro atoms. The van der Waals surface area contributed by atoms with Gasteiger partial charge in [-0.3, -0.25) is 29.9 Å². The maximum Gasteiger partial charge on any atom is 0.270 e. The summed E-state index contributed by atoms with van der Waals surface area (Å²) >= 11 is 5.14. The Morgan fingerprint density at radius 3 is 2.66 bits per heavy atom. The monoisotopic (exact) mass is 417 g/mol. The summed E-state index contributed by atoms with van der Waals surface area (Å²) in [6, 6.07) is 4.50. The molecule has 29 heavy (non-hydrogen) atoms. The van der Waals surface area contributed by atoms with Crippen LogP contribution >= 0.6 is 12.2 Å². The molecule has 2 N–H and O–H groups in total. The van der Waals surface area contributed by atoms with Crippen molar-refractivity contribution in [1.29, 1.82) is 0 Å². The molecule has 2 aliphatic heterocycles. The second kappa shape index (κ2) is 9.10. The van der Waals surface area contributed by atoms with E-state index in [-0.39, 0.29) is 16.4 Å². The molecule has 2 aliphatic rings. The Balaban J connectivity index is 2.02. The Labute approximate surface area is 173 Å².